The molecule has 0 saturated heterocycles. The molecule has 3 rings (SSSR count). The van der Waals surface area contributed by atoms with E-state index in [1.54, 1.807) is 13.2 Å². The average Bonchev–Trinajstić information content (AvgIpc) is 2.72. The molecule has 3 nitrogen and oxygen atoms in total. The molecular weight excluding hydrogens is 390 g/mol. The lowest BCUT2D eigenvalue weighted by Crippen LogP contribution is -2.22. The summed E-state index contributed by atoms with van der Waals surface area (Å²) in [5, 5.41) is 3.75. The van der Waals surface area contributed by atoms with Gasteiger partial charge in [-0.1, -0.05) is 78.4 Å². The molecule has 0 spiro atoms. The van der Waals surface area contributed by atoms with E-state index in [-0.39, 0.29) is 0 Å². The molecule has 0 aliphatic carbocycles. The van der Waals surface area contributed by atoms with Crippen molar-refractivity contribution < 1.29 is 9.47 Å². The average molecular weight is 412 g/mol. The summed E-state index contributed by atoms with van der Waals surface area (Å²) in [6.45, 7) is 3.14. The summed E-state index contributed by atoms with van der Waals surface area (Å²) in [4.78, 5) is 0.609. The zero-order valence-electron chi connectivity index (χ0n) is 15.9. The summed E-state index contributed by atoms with van der Waals surface area (Å²) in [6, 6.07) is 21.8. The van der Waals surface area contributed by atoms with Gasteiger partial charge in [0.1, 0.15) is 11.6 Å². The summed E-state index contributed by atoms with van der Waals surface area (Å²) in [5.74, 6) is 1.07. The fourth-order valence-corrected chi connectivity index (χ4v) is 3.26. The van der Waals surface area contributed by atoms with Crippen LogP contribution in [0.3, 0.4) is 0 Å². The van der Waals surface area contributed by atoms with Gasteiger partial charge in [-0.25, -0.2) is 0 Å². The van der Waals surface area contributed by atoms with Crippen LogP contribution in [0.2, 0.25) is 5.02 Å². The molecule has 144 valence electrons. The van der Waals surface area contributed by atoms with Crippen LogP contribution in [0.1, 0.15) is 22.3 Å². The highest BCUT2D eigenvalue weighted by molar-refractivity contribution is 7.80. The van der Waals surface area contributed by atoms with E-state index in [2.05, 4.69) is 24.4 Å². The topological polar surface area (TPSA) is 30.5 Å². The Morgan fingerprint density at radius 2 is 1.75 bits per heavy atom. The van der Waals surface area contributed by atoms with Crippen LogP contribution in [0.5, 0.6) is 11.5 Å². The number of hydrogen-bond acceptors (Lipinski definition) is 3. The van der Waals surface area contributed by atoms with Crippen LogP contribution < -0.4 is 14.8 Å². The maximum atomic E-state index is 6.47. The van der Waals surface area contributed by atoms with Crippen molar-refractivity contribution in [2.75, 3.05) is 7.11 Å². The first-order valence-corrected chi connectivity index (χ1v) is 9.74. The number of rotatable bonds is 7. The predicted octanol–water partition coefficient (Wildman–Crippen LogP) is 5.70. The molecule has 0 aliphatic rings. The lowest BCUT2D eigenvalue weighted by Gasteiger charge is -2.16. The molecule has 0 heterocycles. The van der Waals surface area contributed by atoms with Crippen molar-refractivity contribution in [2.24, 2.45) is 0 Å². The quantitative estimate of drug-likeness (QED) is 0.505. The number of thiocarbonyl (C=S) groups is 1. The molecule has 1 N–H and O–H groups in total. The molecule has 28 heavy (non-hydrogen) atoms. The first-order valence-electron chi connectivity index (χ1n) is 8.95. The van der Waals surface area contributed by atoms with Crippen LogP contribution in [0.25, 0.3) is 0 Å². The van der Waals surface area contributed by atoms with Crippen LogP contribution >= 0.6 is 23.8 Å². The third-order valence-electron chi connectivity index (χ3n) is 4.42. The van der Waals surface area contributed by atoms with E-state index >= 15 is 0 Å². The van der Waals surface area contributed by atoms with Gasteiger partial charge in [-0.15, -0.1) is 0 Å². The minimum Gasteiger partial charge on any atom is -0.493 e. The normalized spacial score (nSPS) is 10.4. The standard InChI is InChI=1S/C23H22ClNO2S/c1-16-8-6-7-11-18(16)14-25-23(28)19-12-20(24)22(21(13-19)26-2)27-15-17-9-4-3-5-10-17/h3-13H,14-15H2,1-2H3,(H,25,28). The summed E-state index contributed by atoms with van der Waals surface area (Å²) < 4.78 is 11.4. The maximum absolute atomic E-state index is 6.47. The van der Waals surface area contributed by atoms with Crippen LogP contribution in [0.4, 0.5) is 0 Å². The second-order valence-corrected chi connectivity index (χ2v) is 7.19. The zero-order chi connectivity index (χ0) is 19.9. The SMILES string of the molecule is COc1cc(C(=S)NCc2ccccc2C)cc(Cl)c1OCc1ccccc1. The number of aryl methyl sites for hydroxylation is 1. The van der Waals surface area contributed by atoms with Gasteiger partial charge in [-0.05, 0) is 35.7 Å². The van der Waals surface area contributed by atoms with Gasteiger partial charge in [0, 0.05) is 12.1 Å². The highest BCUT2D eigenvalue weighted by Gasteiger charge is 2.14. The van der Waals surface area contributed by atoms with E-state index in [0.717, 1.165) is 11.1 Å². The number of halogens is 1. The van der Waals surface area contributed by atoms with Crippen molar-refractivity contribution in [3.8, 4) is 11.5 Å². The Hall–Kier alpha value is -2.56. The van der Waals surface area contributed by atoms with Gasteiger partial charge in [-0.3, -0.25) is 0 Å². The molecule has 0 atom stereocenters. The van der Waals surface area contributed by atoms with Gasteiger partial charge >= 0.3 is 0 Å². The van der Waals surface area contributed by atoms with E-state index in [0.29, 0.717) is 34.7 Å². The summed E-state index contributed by atoms with van der Waals surface area (Å²) in [7, 11) is 1.59. The first-order chi connectivity index (χ1) is 13.6. The van der Waals surface area contributed by atoms with Crippen LogP contribution in [-0.4, -0.2) is 12.1 Å². The van der Waals surface area contributed by atoms with Crippen molar-refractivity contribution in [2.45, 2.75) is 20.1 Å². The Bertz CT molecular complexity index is 960. The summed E-state index contributed by atoms with van der Waals surface area (Å²) in [5.41, 5.74) is 4.27. The van der Waals surface area contributed by atoms with E-state index in [1.807, 2.05) is 48.5 Å². The smallest absolute Gasteiger partial charge is 0.180 e. The lowest BCUT2D eigenvalue weighted by molar-refractivity contribution is 0.284. The molecule has 3 aromatic carbocycles. The number of benzene rings is 3. The molecular formula is C23H22ClNO2S. The van der Waals surface area contributed by atoms with E-state index < -0.39 is 0 Å². The van der Waals surface area contributed by atoms with E-state index in [1.165, 1.54) is 11.1 Å². The Morgan fingerprint density at radius 3 is 2.46 bits per heavy atom. The highest BCUT2D eigenvalue weighted by Crippen LogP contribution is 2.37. The predicted molar refractivity (Wildman–Crippen MR) is 118 cm³/mol. The van der Waals surface area contributed by atoms with Crippen LogP contribution in [-0.2, 0) is 13.2 Å². The molecule has 0 amide bonds. The van der Waals surface area contributed by atoms with Crippen molar-refractivity contribution in [3.63, 3.8) is 0 Å². The number of methoxy groups -OCH3 is 1. The lowest BCUT2D eigenvalue weighted by atomic mass is 10.1. The molecule has 0 aliphatic heterocycles. The Balaban J connectivity index is 1.72. The monoisotopic (exact) mass is 411 g/mol. The summed E-state index contributed by atoms with van der Waals surface area (Å²) in [6.07, 6.45) is 0. The van der Waals surface area contributed by atoms with Crippen molar-refractivity contribution >= 4 is 28.8 Å². The Kier molecular flexibility index (Phi) is 6.90. The molecule has 0 unspecified atom stereocenters. The fraction of sp³-hybridized carbons (Fsp3) is 0.174. The van der Waals surface area contributed by atoms with E-state index in [4.69, 9.17) is 33.3 Å². The van der Waals surface area contributed by atoms with Gasteiger partial charge in [-0.2, -0.15) is 0 Å². The molecule has 3 aromatic rings. The maximum Gasteiger partial charge on any atom is 0.180 e. The minimum atomic E-state index is 0.409. The van der Waals surface area contributed by atoms with Gasteiger partial charge in [0.2, 0.25) is 0 Å². The number of nitrogens with one attached hydrogen (secondary N) is 1. The Labute approximate surface area is 176 Å². The van der Waals surface area contributed by atoms with Crippen molar-refractivity contribution in [1.29, 1.82) is 0 Å². The van der Waals surface area contributed by atoms with Crippen LogP contribution in [0.15, 0.2) is 66.7 Å². The zero-order valence-corrected chi connectivity index (χ0v) is 17.4. The molecule has 0 aromatic heterocycles. The van der Waals surface area contributed by atoms with Crippen molar-refractivity contribution in [1.82, 2.24) is 5.32 Å². The van der Waals surface area contributed by atoms with Gasteiger partial charge < -0.3 is 14.8 Å². The number of ether oxygens (including phenoxy) is 2. The van der Waals surface area contributed by atoms with Gasteiger partial charge in [0.05, 0.1) is 12.1 Å². The Morgan fingerprint density at radius 1 is 1.04 bits per heavy atom. The van der Waals surface area contributed by atoms with Gasteiger partial charge in [0.25, 0.3) is 0 Å². The largest absolute Gasteiger partial charge is 0.493 e. The number of hydrogen-bond donors (Lipinski definition) is 1. The van der Waals surface area contributed by atoms with Crippen molar-refractivity contribution in [3.05, 3.63) is 94.0 Å². The molecule has 0 saturated carbocycles. The molecule has 0 radical (unpaired) electrons. The van der Waals surface area contributed by atoms with Gasteiger partial charge in [0.15, 0.2) is 11.5 Å². The highest BCUT2D eigenvalue weighted by atomic mass is 35.5. The first kappa shape index (κ1) is 20.2. The van der Waals surface area contributed by atoms with Crippen LogP contribution in [0, 0.1) is 6.92 Å². The van der Waals surface area contributed by atoms with E-state index in [9.17, 15) is 0 Å². The summed E-state index contributed by atoms with van der Waals surface area (Å²) >= 11 is 12.0. The second-order valence-electron chi connectivity index (χ2n) is 6.37. The molecule has 5 heteroatoms. The third-order valence-corrected chi connectivity index (χ3v) is 5.08. The fourth-order valence-electron chi connectivity index (χ4n) is 2.81. The second kappa shape index (κ2) is 9.58. The molecule has 0 fully saturated rings. The molecule has 0 bridgehead atoms. The third kappa shape index (κ3) is 5.03. The minimum absolute atomic E-state index is 0.409.